The molecule has 3 atom stereocenters. The number of esters is 1. The summed E-state index contributed by atoms with van der Waals surface area (Å²) in [5.74, 6) is -0.531. The summed E-state index contributed by atoms with van der Waals surface area (Å²) >= 11 is 0. The van der Waals surface area contributed by atoms with E-state index in [1.54, 1.807) is 0 Å². The van der Waals surface area contributed by atoms with Crippen molar-refractivity contribution >= 4 is 11.9 Å². The summed E-state index contributed by atoms with van der Waals surface area (Å²) in [5.41, 5.74) is 0. The third kappa shape index (κ3) is 36.6. The highest BCUT2D eigenvalue weighted by Gasteiger charge is 2.24. The number of unbranched alkanes of at least 4 members (excludes halogenated alkanes) is 21. The summed E-state index contributed by atoms with van der Waals surface area (Å²) < 4.78 is 5.87. The number of rotatable bonds is 39. The predicted molar refractivity (Wildman–Crippen MR) is 227 cm³/mol. The number of hydrogen-bond donors (Lipinski definition) is 3. The molecule has 0 aliphatic rings. The molecule has 0 radical (unpaired) electrons. The van der Waals surface area contributed by atoms with Gasteiger partial charge in [0.2, 0.25) is 5.91 Å². The van der Waals surface area contributed by atoms with Gasteiger partial charge in [-0.25, -0.2) is 0 Å². The highest BCUT2D eigenvalue weighted by molar-refractivity contribution is 5.77. The summed E-state index contributed by atoms with van der Waals surface area (Å²) in [4.78, 5) is 25.9. The van der Waals surface area contributed by atoms with E-state index in [0.717, 1.165) is 83.5 Å². The molecule has 0 bridgehead atoms. The number of carbonyl (C=O) groups excluding carboxylic acids is 2. The number of aliphatic hydroxyl groups is 2. The van der Waals surface area contributed by atoms with Crippen molar-refractivity contribution in [2.45, 2.75) is 232 Å². The molecule has 0 aliphatic carbocycles. The molecule has 0 rings (SSSR count). The van der Waals surface area contributed by atoms with Gasteiger partial charge in [-0.05, 0) is 70.6 Å². The Labute approximate surface area is 327 Å². The van der Waals surface area contributed by atoms with Gasteiger partial charge in [0.25, 0.3) is 0 Å². The number of ether oxygens (including phenoxy) is 1. The van der Waals surface area contributed by atoms with Gasteiger partial charge >= 0.3 is 5.97 Å². The summed E-state index contributed by atoms with van der Waals surface area (Å²) in [6.07, 6.45) is 47.5. The molecule has 0 saturated heterocycles. The molecule has 0 aromatic rings. The van der Waals surface area contributed by atoms with Crippen molar-refractivity contribution in [2.75, 3.05) is 6.61 Å². The van der Waals surface area contributed by atoms with Crippen molar-refractivity contribution in [2.24, 2.45) is 0 Å². The maximum Gasteiger partial charge on any atom is 0.306 e. The lowest BCUT2D eigenvalue weighted by Gasteiger charge is -2.24. The van der Waals surface area contributed by atoms with E-state index < -0.39 is 18.2 Å². The molecule has 0 aromatic heterocycles. The van der Waals surface area contributed by atoms with Crippen LogP contribution >= 0.6 is 0 Å². The van der Waals surface area contributed by atoms with Crippen LogP contribution in [0, 0.1) is 0 Å². The maximum atomic E-state index is 13.1. The fraction of sp³-hybridized carbons (Fsp3) is 0.787. The van der Waals surface area contributed by atoms with Gasteiger partial charge in [-0.15, -0.1) is 0 Å². The number of nitrogens with one attached hydrogen (secondary N) is 1. The second-order valence-corrected chi connectivity index (χ2v) is 15.1. The average Bonchev–Trinajstić information content (AvgIpc) is 3.15. The molecule has 0 fully saturated rings. The van der Waals surface area contributed by atoms with Crippen LogP contribution in [0.15, 0.2) is 48.6 Å². The quantitative estimate of drug-likeness (QED) is 0.0252. The van der Waals surface area contributed by atoms with Gasteiger partial charge < -0.3 is 20.3 Å². The predicted octanol–water partition coefficient (Wildman–Crippen LogP) is 12.7. The lowest BCUT2D eigenvalue weighted by Crippen LogP contribution is -2.46. The fourth-order valence-electron chi connectivity index (χ4n) is 6.54. The number of allylic oxidation sites excluding steroid dienone is 8. The Bertz CT molecular complexity index is 926. The first-order valence-electron chi connectivity index (χ1n) is 22.4. The molecule has 1 amide bonds. The Morgan fingerprint density at radius 2 is 1.04 bits per heavy atom. The van der Waals surface area contributed by atoms with Gasteiger partial charge in [0, 0.05) is 6.42 Å². The molecule has 0 heterocycles. The first kappa shape index (κ1) is 50.8. The fourth-order valence-corrected chi connectivity index (χ4v) is 6.54. The minimum Gasteiger partial charge on any atom is -0.462 e. The van der Waals surface area contributed by atoms with Crippen LogP contribution in [0.4, 0.5) is 0 Å². The number of hydrogen-bond acceptors (Lipinski definition) is 5. The molecule has 0 spiro atoms. The third-order valence-electron chi connectivity index (χ3n) is 9.95. The molecular weight excluding hydrogens is 659 g/mol. The summed E-state index contributed by atoms with van der Waals surface area (Å²) in [5, 5.41) is 23.5. The average molecular weight is 744 g/mol. The highest BCUT2D eigenvalue weighted by Crippen LogP contribution is 2.16. The first-order chi connectivity index (χ1) is 26.0. The van der Waals surface area contributed by atoms with E-state index in [9.17, 15) is 19.8 Å². The van der Waals surface area contributed by atoms with Crippen molar-refractivity contribution in [3.8, 4) is 0 Å². The van der Waals surface area contributed by atoms with Gasteiger partial charge in [0.05, 0.1) is 25.2 Å². The minimum atomic E-state index is -0.796. The standard InChI is InChI=1S/C47H85NO5/c1-4-7-10-13-16-19-21-22-23-25-28-31-34-37-40-47(52)53-43(38-35-32-29-27-24-20-17-14-11-8-5-2)41-46(51)48-44(42-49)45(50)39-36-33-30-26-18-15-12-9-6-3/h8,11,14,17,20,23-25,43-45,49-50H,4-7,9-10,12-13,15-16,18-19,21-22,26-42H2,1-3H3,(H,48,51)/b11-8+,17-14+,24-20-,25-23-. The first-order valence-corrected chi connectivity index (χ1v) is 22.4. The Kier molecular flexibility index (Phi) is 39.3. The Balaban J connectivity index is 4.65. The van der Waals surface area contributed by atoms with Crippen LogP contribution in [0.1, 0.15) is 213 Å². The summed E-state index contributed by atoms with van der Waals surface area (Å²) in [6, 6.07) is -0.712. The van der Waals surface area contributed by atoms with Gasteiger partial charge in [-0.2, -0.15) is 0 Å². The molecule has 53 heavy (non-hydrogen) atoms. The molecular formula is C47H85NO5. The van der Waals surface area contributed by atoms with Gasteiger partial charge in [-0.3, -0.25) is 9.59 Å². The van der Waals surface area contributed by atoms with Crippen molar-refractivity contribution in [1.82, 2.24) is 5.32 Å². The van der Waals surface area contributed by atoms with Gasteiger partial charge in [-0.1, -0.05) is 179 Å². The van der Waals surface area contributed by atoms with Gasteiger partial charge in [0.1, 0.15) is 6.10 Å². The number of carbonyl (C=O) groups is 2. The topological polar surface area (TPSA) is 95.9 Å². The molecule has 6 nitrogen and oxygen atoms in total. The van der Waals surface area contributed by atoms with Crippen LogP contribution < -0.4 is 5.32 Å². The smallest absolute Gasteiger partial charge is 0.306 e. The Hall–Kier alpha value is -2.18. The zero-order chi connectivity index (χ0) is 38.9. The van der Waals surface area contributed by atoms with Crippen molar-refractivity contribution in [1.29, 1.82) is 0 Å². The molecule has 3 unspecified atom stereocenters. The van der Waals surface area contributed by atoms with E-state index in [1.807, 2.05) is 12.2 Å². The molecule has 0 aliphatic heterocycles. The Morgan fingerprint density at radius 1 is 0.566 bits per heavy atom. The normalized spacial score (nSPS) is 13.8. The Morgan fingerprint density at radius 3 is 1.60 bits per heavy atom. The molecule has 0 aromatic carbocycles. The lowest BCUT2D eigenvalue weighted by molar-refractivity contribution is -0.151. The van der Waals surface area contributed by atoms with Crippen molar-refractivity contribution in [3.05, 3.63) is 48.6 Å². The molecule has 308 valence electrons. The van der Waals surface area contributed by atoms with E-state index in [0.29, 0.717) is 19.3 Å². The zero-order valence-electron chi connectivity index (χ0n) is 34.9. The molecule has 3 N–H and O–H groups in total. The lowest BCUT2D eigenvalue weighted by atomic mass is 10.0. The number of aliphatic hydroxyl groups excluding tert-OH is 2. The monoisotopic (exact) mass is 744 g/mol. The van der Waals surface area contributed by atoms with E-state index >= 15 is 0 Å². The minimum absolute atomic E-state index is 0.0481. The SMILES string of the molecule is CC/C=C/C=C/C=C\CCCCCC(CC(=O)NC(CO)C(O)CCCCCCCCCCC)OC(=O)CCCCC/C=C\CCCCCCCCC. The van der Waals surface area contributed by atoms with Crippen molar-refractivity contribution in [3.63, 3.8) is 0 Å². The summed E-state index contributed by atoms with van der Waals surface area (Å²) in [7, 11) is 0. The van der Waals surface area contributed by atoms with Crippen LogP contribution in [0.25, 0.3) is 0 Å². The van der Waals surface area contributed by atoms with Crippen LogP contribution in [0.5, 0.6) is 0 Å². The summed E-state index contributed by atoms with van der Waals surface area (Å²) in [6.45, 7) is 6.29. The van der Waals surface area contributed by atoms with E-state index in [2.05, 4.69) is 62.5 Å². The second kappa shape index (κ2) is 41.0. The number of amides is 1. The van der Waals surface area contributed by atoms with Crippen LogP contribution in [-0.4, -0.2) is 46.9 Å². The van der Waals surface area contributed by atoms with Crippen LogP contribution in [0.2, 0.25) is 0 Å². The van der Waals surface area contributed by atoms with Crippen LogP contribution in [-0.2, 0) is 14.3 Å². The molecule has 0 saturated carbocycles. The van der Waals surface area contributed by atoms with Gasteiger partial charge in [0.15, 0.2) is 0 Å². The van der Waals surface area contributed by atoms with E-state index in [4.69, 9.17) is 4.74 Å². The van der Waals surface area contributed by atoms with Crippen molar-refractivity contribution < 1.29 is 24.5 Å². The maximum absolute atomic E-state index is 13.1. The largest absolute Gasteiger partial charge is 0.462 e. The van der Waals surface area contributed by atoms with E-state index in [-0.39, 0.29) is 24.9 Å². The highest BCUT2D eigenvalue weighted by atomic mass is 16.5. The second-order valence-electron chi connectivity index (χ2n) is 15.1. The van der Waals surface area contributed by atoms with E-state index in [1.165, 1.54) is 83.5 Å². The zero-order valence-corrected chi connectivity index (χ0v) is 34.9. The molecule has 6 heteroatoms. The van der Waals surface area contributed by atoms with Crippen LogP contribution in [0.3, 0.4) is 0 Å². The third-order valence-corrected chi connectivity index (χ3v) is 9.95.